The molecule has 3 N–H and O–H groups in total. The molecule has 0 spiro atoms. The van der Waals surface area contributed by atoms with Crippen LogP contribution >= 0.6 is 0 Å². The van der Waals surface area contributed by atoms with Gasteiger partial charge in [-0.2, -0.15) is 0 Å². The van der Waals surface area contributed by atoms with Gasteiger partial charge in [0.15, 0.2) is 0 Å². The first-order valence-electron chi connectivity index (χ1n) is 6.05. The van der Waals surface area contributed by atoms with E-state index in [-0.39, 0.29) is 0 Å². The lowest BCUT2D eigenvalue weighted by Crippen LogP contribution is -2.12. The number of nitrogens with one attached hydrogen (secondary N) is 1. The van der Waals surface area contributed by atoms with Crippen LogP contribution in [-0.4, -0.2) is 11.5 Å². The minimum atomic E-state index is 0.482. The van der Waals surface area contributed by atoms with Crippen molar-refractivity contribution in [1.82, 2.24) is 4.98 Å². The number of pyridine rings is 1. The zero-order valence-corrected chi connectivity index (χ0v) is 10.0. The molecule has 2 aromatic rings. The zero-order valence-electron chi connectivity index (χ0n) is 10.0. The van der Waals surface area contributed by atoms with Crippen molar-refractivity contribution in [1.29, 1.82) is 0 Å². The van der Waals surface area contributed by atoms with Gasteiger partial charge in [-0.3, -0.25) is 4.98 Å². The van der Waals surface area contributed by atoms with Crippen LogP contribution in [0, 0.1) is 5.41 Å². The van der Waals surface area contributed by atoms with Crippen LogP contribution in [0.15, 0.2) is 30.5 Å². The van der Waals surface area contributed by atoms with E-state index in [0.29, 0.717) is 5.41 Å². The van der Waals surface area contributed by atoms with Gasteiger partial charge in [0.1, 0.15) is 0 Å². The molecule has 1 heterocycles. The van der Waals surface area contributed by atoms with Crippen molar-refractivity contribution in [2.24, 2.45) is 5.41 Å². The minimum Gasteiger partial charge on any atom is -0.397 e. The van der Waals surface area contributed by atoms with Gasteiger partial charge < -0.3 is 11.1 Å². The Balaban J connectivity index is 1.91. The van der Waals surface area contributed by atoms with E-state index in [1.165, 1.54) is 12.8 Å². The number of nitrogens with two attached hydrogens (primary N) is 1. The number of hydrogen-bond acceptors (Lipinski definition) is 3. The maximum Gasteiger partial charge on any atom is 0.0724 e. The van der Waals surface area contributed by atoms with Gasteiger partial charge in [0, 0.05) is 18.1 Å². The van der Waals surface area contributed by atoms with Crippen LogP contribution in [0.5, 0.6) is 0 Å². The number of fused-ring (bicyclic) bond motifs is 1. The van der Waals surface area contributed by atoms with Gasteiger partial charge in [-0.05, 0) is 42.5 Å². The van der Waals surface area contributed by atoms with Crippen molar-refractivity contribution in [3.05, 3.63) is 30.5 Å². The van der Waals surface area contributed by atoms with Crippen molar-refractivity contribution in [2.75, 3.05) is 17.6 Å². The van der Waals surface area contributed by atoms with Crippen LogP contribution in [0.3, 0.4) is 0 Å². The highest BCUT2D eigenvalue weighted by Crippen LogP contribution is 2.45. The summed E-state index contributed by atoms with van der Waals surface area (Å²) in [5.74, 6) is 0. The molecule has 0 saturated heterocycles. The van der Waals surface area contributed by atoms with E-state index >= 15 is 0 Å². The highest BCUT2D eigenvalue weighted by Gasteiger charge is 2.36. The van der Waals surface area contributed by atoms with E-state index in [1.54, 1.807) is 6.20 Å². The normalized spacial score (nSPS) is 17.0. The molecule has 1 aromatic carbocycles. The molecule has 3 nitrogen and oxygen atoms in total. The van der Waals surface area contributed by atoms with Crippen molar-refractivity contribution in [3.8, 4) is 0 Å². The summed E-state index contributed by atoms with van der Waals surface area (Å²) in [5, 5.41) is 4.48. The first-order chi connectivity index (χ1) is 8.18. The molecule has 0 amide bonds. The smallest absolute Gasteiger partial charge is 0.0724 e. The number of rotatable bonds is 3. The fourth-order valence-electron chi connectivity index (χ4n) is 2.03. The second-order valence-electron chi connectivity index (χ2n) is 5.26. The van der Waals surface area contributed by atoms with Gasteiger partial charge in [-0.15, -0.1) is 0 Å². The van der Waals surface area contributed by atoms with E-state index in [2.05, 4.69) is 17.2 Å². The van der Waals surface area contributed by atoms with Gasteiger partial charge in [-0.1, -0.05) is 6.92 Å². The van der Waals surface area contributed by atoms with E-state index in [9.17, 15) is 0 Å². The Kier molecular flexibility index (Phi) is 2.21. The van der Waals surface area contributed by atoms with Crippen molar-refractivity contribution < 1.29 is 0 Å². The Labute approximate surface area is 101 Å². The lowest BCUT2D eigenvalue weighted by Gasteiger charge is -2.14. The Hall–Kier alpha value is -1.77. The lowest BCUT2D eigenvalue weighted by atomic mass is 10.1. The number of benzene rings is 1. The monoisotopic (exact) mass is 227 g/mol. The third-order valence-corrected chi connectivity index (χ3v) is 3.64. The van der Waals surface area contributed by atoms with Crippen LogP contribution in [0.1, 0.15) is 19.8 Å². The van der Waals surface area contributed by atoms with E-state index in [1.807, 2.05) is 24.3 Å². The molecule has 1 aromatic heterocycles. The molecule has 17 heavy (non-hydrogen) atoms. The summed E-state index contributed by atoms with van der Waals surface area (Å²) < 4.78 is 0. The van der Waals surface area contributed by atoms with Crippen LogP contribution in [-0.2, 0) is 0 Å². The Bertz CT molecular complexity index is 558. The molecule has 1 aliphatic carbocycles. The average molecular weight is 227 g/mol. The quantitative estimate of drug-likeness (QED) is 0.792. The maximum absolute atomic E-state index is 6.17. The molecule has 1 fully saturated rings. The Morgan fingerprint density at radius 2 is 2.18 bits per heavy atom. The first kappa shape index (κ1) is 10.4. The van der Waals surface area contributed by atoms with Gasteiger partial charge >= 0.3 is 0 Å². The summed E-state index contributed by atoms with van der Waals surface area (Å²) in [6.45, 7) is 3.31. The molecular formula is C14H17N3. The van der Waals surface area contributed by atoms with Crippen molar-refractivity contribution in [3.63, 3.8) is 0 Å². The molecule has 1 saturated carbocycles. The molecule has 0 radical (unpaired) electrons. The van der Waals surface area contributed by atoms with Crippen LogP contribution in [0.25, 0.3) is 10.9 Å². The van der Waals surface area contributed by atoms with Crippen molar-refractivity contribution in [2.45, 2.75) is 19.8 Å². The molecule has 3 heteroatoms. The second-order valence-corrected chi connectivity index (χ2v) is 5.26. The second kappa shape index (κ2) is 3.62. The highest BCUT2D eigenvalue weighted by molar-refractivity contribution is 5.96. The van der Waals surface area contributed by atoms with Crippen molar-refractivity contribution >= 4 is 22.3 Å². The minimum absolute atomic E-state index is 0.482. The van der Waals surface area contributed by atoms with Gasteiger partial charge in [0.05, 0.1) is 16.9 Å². The third kappa shape index (κ3) is 1.93. The van der Waals surface area contributed by atoms with Crippen LogP contribution < -0.4 is 11.1 Å². The van der Waals surface area contributed by atoms with Crippen LogP contribution in [0.2, 0.25) is 0 Å². The van der Waals surface area contributed by atoms with Crippen LogP contribution in [0.4, 0.5) is 11.4 Å². The molecule has 0 aliphatic heterocycles. The van der Waals surface area contributed by atoms with E-state index in [0.717, 1.165) is 28.8 Å². The largest absolute Gasteiger partial charge is 0.397 e. The first-order valence-corrected chi connectivity index (χ1v) is 6.05. The number of anilines is 2. The summed E-state index contributed by atoms with van der Waals surface area (Å²) >= 11 is 0. The summed E-state index contributed by atoms with van der Waals surface area (Å²) in [4.78, 5) is 4.30. The fourth-order valence-corrected chi connectivity index (χ4v) is 2.03. The maximum atomic E-state index is 6.17. The summed E-state index contributed by atoms with van der Waals surface area (Å²) in [6, 6.07) is 7.98. The molecule has 1 aliphatic rings. The molecule has 0 unspecified atom stereocenters. The molecule has 0 atom stereocenters. The van der Waals surface area contributed by atoms with Gasteiger partial charge in [0.25, 0.3) is 0 Å². The molecule has 0 bridgehead atoms. The summed E-state index contributed by atoms with van der Waals surface area (Å²) in [7, 11) is 0. The van der Waals surface area contributed by atoms with E-state index < -0.39 is 0 Å². The van der Waals surface area contributed by atoms with Gasteiger partial charge in [-0.25, -0.2) is 0 Å². The highest BCUT2D eigenvalue weighted by atomic mass is 14.9. The SMILES string of the molecule is CC1(CNc2ccc3ncccc3c2N)CC1. The van der Waals surface area contributed by atoms with E-state index in [4.69, 9.17) is 5.73 Å². The average Bonchev–Trinajstić information content (AvgIpc) is 3.07. The fraction of sp³-hybridized carbons (Fsp3) is 0.357. The topological polar surface area (TPSA) is 50.9 Å². The number of hydrogen-bond donors (Lipinski definition) is 2. The zero-order chi connectivity index (χ0) is 11.9. The molecule has 3 rings (SSSR count). The standard InChI is InChI=1S/C14H17N3/c1-14(6-7-14)9-17-12-5-4-11-10(13(12)15)3-2-8-16-11/h2-5,8,17H,6-7,9,15H2,1H3. The lowest BCUT2D eigenvalue weighted by molar-refractivity contribution is 0.611. The Morgan fingerprint density at radius 3 is 2.94 bits per heavy atom. The Morgan fingerprint density at radius 1 is 1.35 bits per heavy atom. The predicted molar refractivity (Wildman–Crippen MR) is 72.0 cm³/mol. The summed E-state index contributed by atoms with van der Waals surface area (Å²) in [6.07, 6.45) is 4.42. The molecule has 88 valence electrons. The predicted octanol–water partition coefficient (Wildman–Crippen LogP) is 3.03. The number of aromatic nitrogens is 1. The number of nitrogen functional groups attached to an aromatic ring is 1. The molecular weight excluding hydrogens is 210 g/mol. The summed E-state index contributed by atoms with van der Waals surface area (Å²) in [5.41, 5.74) is 9.43. The number of nitrogens with zero attached hydrogens (tertiary/aromatic N) is 1. The third-order valence-electron chi connectivity index (χ3n) is 3.64. The van der Waals surface area contributed by atoms with Gasteiger partial charge in [0.2, 0.25) is 0 Å².